The van der Waals surface area contributed by atoms with Gasteiger partial charge in [-0.15, -0.1) is 0 Å². The van der Waals surface area contributed by atoms with Crippen LogP contribution in [0.15, 0.2) is 41.6 Å². The lowest BCUT2D eigenvalue weighted by Gasteiger charge is -2.10. The van der Waals surface area contributed by atoms with E-state index in [1.165, 1.54) is 0 Å². The van der Waals surface area contributed by atoms with Gasteiger partial charge < -0.3 is 4.74 Å². The number of aryl methyl sites for hydroxylation is 3. The molecule has 3 rings (SSSR count). The van der Waals surface area contributed by atoms with Crippen LogP contribution in [0.3, 0.4) is 0 Å². The maximum Gasteiger partial charge on any atom is 0.240 e. The van der Waals surface area contributed by atoms with E-state index in [4.69, 9.17) is 4.74 Å². The van der Waals surface area contributed by atoms with E-state index in [2.05, 4.69) is 14.8 Å². The fourth-order valence-electron chi connectivity index (χ4n) is 2.79. The van der Waals surface area contributed by atoms with Crippen molar-refractivity contribution in [1.29, 1.82) is 0 Å². The van der Waals surface area contributed by atoms with Crippen molar-refractivity contribution in [2.24, 2.45) is 0 Å². The quantitative estimate of drug-likeness (QED) is 0.641. The monoisotopic (exact) mass is 374 g/mol. The summed E-state index contributed by atoms with van der Waals surface area (Å²) in [6, 6.07) is 6.83. The van der Waals surface area contributed by atoms with Crippen LogP contribution >= 0.6 is 0 Å². The Hall–Kier alpha value is -2.45. The van der Waals surface area contributed by atoms with Gasteiger partial charge in [0, 0.05) is 25.0 Å². The van der Waals surface area contributed by atoms with E-state index in [0.717, 1.165) is 16.9 Å². The molecule has 0 radical (unpaired) electrons. The lowest BCUT2D eigenvalue weighted by atomic mass is 10.2. The zero-order valence-corrected chi connectivity index (χ0v) is 15.9. The number of rotatable bonds is 7. The highest BCUT2D eigenvalue weighted by Gasteiger charge is 2.16. The fraction of sp³-hybridized carbons (Fsp3) is 0.333. The fourth-order valence-corrected chi connectivity index (χ4v) is 4.09. The van der Waals surface area contributed by atoms with Crippen molar-refractivity contribution in [2.75, 3.05) is 13.7 Å². The second-order valence-electron chi connectivity index (χ2n) is 6.18. The van der Waals surface area contributed by atoms with Gasteiger partial charge in [0.25, 0.3) is 0 Å². The first-order valence-corrected chi connectivity index (χ1v) is 9.82. The molecule has 0 saturated heterocycles. The molecule has 2 heterocycles. The minimum Gasteiger partial charge on any atom is -0.497 e. The number of methoxy groups -OCH3 is 1. The summed E-state index contributed by atoms with van der Waals surface area (Å²) in [6.07, 6.45) is 5.11. The van der Waals surface area contributed by atoms with Gasteiger partial charge >= 0.3 is 0 Å². The van der Waals surface area contributed by atoms with Crippen LogP contribution in [-0.4, -0.2) is 36.7 Å². The van der Waals surface area contributed by atoms with E-state index in [1.807, 2.05) is 19.2 Å². The highest BCUT2D eigenvalue weighted by molar-refractivity contribution is 7.89. The summed E-state index contributed by atoms with van der Waals surface area (Å²) in [5, 5.41) is 4.34. The number of hydrogen-bond donors (Lipinski definition) is 1. The molecule has 0 spiro atoms. The Kier molecular flexibility index (Phi) is 5.24. The van der Waals surface area contributed by atoms with E-state index in [0.29, 0.717) is 30.7 Å². The van der Waals surface area contributed by atoms with Gasteiger partial charge in [0.2, 0.25) is 10.0 Å². The van der Waals surface area contributed by atoms with E-state index >= 15 is 0 Å². The molecule has 0 amide bonds. The van der Waals surface area contributed by atoms with Gasteiger partial charge in [-0.25, -0.2) is 22.6 Å². The number of nitrogens with one attached hydrogen (secondary N) is 1. The molecule has 1 N–H and O–H groups in total. The van der Waals surface area contributed by atoms with Crippen LogP contribution < -0.4 is 9.46 Å². The predicted molar refractivity (Wildman–Crippen MR) is 99.0 cm³/mol. The number of benzene rings is 1. The molecule has 0 fully saturated rings. The summed E-state index contributed by atoms with van der Waals surface area (Å²) < 4.78 is 34.4. The summed E-state index contributed by atoms with van der Waals surface area (Å²) in [7, 11) is -1.99. The van der Waals surface area contributed by atoms with Crippen molar-refractivity contribution in [1.82, 2.24) is 19.3 Å². The molecule has 0 aliphatic rings. The first kappa shape index (κ1) is 18.3. The number of hydrogen-bond acceptors (Lipinski definition) is 5. The molecular formula is C18H22N4O3S. The van der Waals surface area contributed by atoms with Crippen LogP contribution in [0.2, 0.25) is 0 Å². The van der Waals surface area contributed by atoms with Crippen LogP contribution in [-0.2, 0) is 16.4 Å². The Balaban J connectivity index is 1.59. The van der Waals surface area contributed by atoms with Crippen LogP contribution in [0.5, 0.6) is 5.75 Å². The van der Waals surface area contributed by atoms with Gasteiger partial charge in [0.05, 0.1) is 17.7 Å². The number of fused-ring (bicyclic) bond motifs is 1. The minimum absolute atomic E-state index is 0.272. The van der Waals surface area contributed by atoms with E-state index in [9.17, 15) is 8.42 Å². The van der Waals surface area contributed by atoms with Crippen LogP contribution in [0.4, 0.5) is 0 Å². The summed E-state index contributed by atoms with van der Waals surface area (Å²) in [5.41, 5.74) is 3.39. The molecular weight excluding hydrogens is 352 g/mol. The minimum atomic E-state index is -3.54. The third-order valence-electron chi connectivity index (χ3n) is 4.09. The molecule has 0 aliphatic heterocycles. The average Bonchev–Trinajstić information content (AvgIpc) is 2.97. The molecule has 0 unspecified atom stereocenters. The number of ether oxygens (including phenoxy) is 1. The normalized spacial score (nSPS) is 11.8. The van der Waals surface area contributed by atoms with Gasteiger partial charge in [-0.3, -0.25) is 0 Å². The first-order valence-electron chi connectivity index (χ1n) is 8.34. The summed E-state index contributed by atoms with van der Waals surface area (Å²) in [6.45, 7) is 4.03. The number of aromatic nitrogens is 3. The highest BCUT2D eigenvalue weighted by Crippen LogP contribution is 2.20. The van der Waals surface area contributed by atoms with Gasteiger partial charge in [0.1, 0.15) is 5.75 Å². The van der Waals surface area contributed by atoms with Gasteiger partial charge in [-0.1, -0.05) is 0 Å². The van der Waals surface area contributed by atoms with E-state index in [1.54, 1.807) is 42.9 Å². The second kappa shape index (κ2) is 7.43. The van der Waals surface area contributed by atoms with Crippen molar-refractivity contribution < 1.29 is 13.2 Å². The van der Waals surface area contributed by atoms with Gasteiger partial charge in [-0.05, 0) is 56.0 Å². The molecule has 0 saturated carbocycles. The number of nitrogens with zero attached hydrogens (tertiary/aromatic N) is 3. The standard InChI is InChI=1S/C18H22N4O3S/c1-13-9-16(25-3)6-7-17(13)26(23,24)20-8-4-5-15-11-19-18-10-14(2)21-22(18)12-15/h6-7,9-12,20H,4-5,8H2,1-3H3. The van der Waals surface area contributed by atoms with Crippen molar-refractivity contribution >= 4 is 15.7 Å². The molecule has 0 bridgehead atoms. The van der Waals surface area contributed by atoms with Crippen molar-refractivity contribution in [3.05, 3.63) is 53.5 Å². The SMILES string of the molecule is COc1ccc(S(=O)(=O)NCCCc2cnc3cc(C)nn3c2)c(C)c1. The van der Waals surface area contributed by atoms with E-state index in [-0.39, 0.29) is 4.90 Å². The molecule has 26 heavy (non-hydrogen) atoms. The maximum absolute atomic E-state index is 12.5. The van der Waals surface area contributed by atoms with Crippen molar-refractivity contribution in [3.8, 4) is 5.75 Å². The number of sulfonamides is 1. The second-order valence-corrected chi connectivity index (χ2v) is 7.92. The predicted octanol–water partition coefficient (Wildman–Crippen LogP) is 2.27. The molecule has 2 aromatic heterocycles. The Bertz CT molecular complexity index is 1030. The smallest absolute Gasteiger partial charge is 0.240 e. The molecule has 7 nitrogen and oxygen atoms in total. The summed E-state index contributed by atoms with van der Waals surface area (Å²) in [4.78, 5) is 4.63. The zero-order chi connectivity index (χ0) is 18.7. The molecule has 138 valence electrons. The summed E-state index contributed by atoms with van der Waals surface area (Å²) >= 11 is 0. The van der Waals surface area contributed by atoms with Gasteiger partial charge in [-0.2, -0.15) is 5.10 Å². The van der Waals surface area contributed by atoms with E-state index < -0.39 is 10.0 Å². The first-order chi connectivity index (χ1) is 12.4. The lowest BCUT2D eigenvalue weighted by Crippen LogP contribution is -2.25. The topological polar surface area (TPSA) is 85.6 Å². The van der Waals surface area contributed by atoms with Gasteiger partial charge in [0.15, 0.2) is 5.65 Å². The Morgan fingerprint density at radius 1 is 1.23 bits per heavy atom. The Morgan fingerprint density at radius 2 is 2.04 bits per heavy atom. The van der Waals surface area contributed by atoms with Crippen LogP contribution in [0, 0.1) is 13.8 Å². The largest absolute Gasteiger partial charge is 0.497 e. The van der Waals surface area contributed by atoms with Crippen molar-refractivity contribution in [2.45, 2.75) is 31.6 Å². The van der Waals surface area contributed by atoms with Crippen LogP contribution in [0.1, 0.15) is 23.2 Å². The lowest BCUT2D eigenvalue weighted by molar-refractivity contribution is 0.414. The molecule has 8 heteroatoms. The van der Waals surface area contributed by atoms with Crippen LogP contribution in [0.25, 0.3) is 5.65 Å². The van der Waals surface area contributed by atoms with Crippen molar-refractivity contribution in [3.63, 3.8) is 0 Å². The summed E-state index contributed by atoms with van der Waals surface area (Å²) in [5.74, 6) is 0.637. The third kappa shape index (κ3) is 4.03. The Labute approximate surface area is 153 Å². The maximum atomic E-state index is 12.5. The average molecular weight is 374 g/mol. The molecule has 0 aliphatic carbocycles. The third-order valence-corrected chi connectivity index (χ3v) is 5.72. The Morgan fingerprint density at radius 3 is 2.77 bits per heavy atom. The zero-order valence-electron chi connectivity index (χ0n) is 15.1. The molecule has 3 aromatic rings. The molecule has 1 aromatic carbocycles. The molecule has 0 atom stereocenters. The highest BCUT2D eigenvalue weighted by atomic mass is 32.2.